The number of esters is 2. The molecular formula is C67H127NO8P+. The molecule has 2 atom stereocenters. The number of ether oxygens (including phenoxy) is 2. The summed E-state index contributed by atoms with van der Waals surface area (Å²) in [7, 11) is 1.50. The van der Waals surface area contributed by atoms with Gasteiger partial charge < -0.3 is 18.9 Å². The lowest BCUT2D eigenvalue weighted by atomic mass is 10.0. The van der Waals surface area contributed by atoms with E-state index in [2.05, 4.69) is 62.5 Å². The Hall–Kier alpha value is -2.03. The highest BCUT2D eigenvalue weighted by atomic mass is 31.2. The third kappa shape index (κ3) is 63.0. The Bertz CT molecular complexity index is 1440. The lowest BCUT2D eigenvalue weighted by molar-refractivity contribution is -0.870. The van der Waals surface area contributed by atoms with Crippen LogP contribution >= 0.6 is 7.82 Å². The summed E-state index contributed by atoms with van der Waals surface area (Å²) < 4.78 is 34.6. The van der Waals surface area contributed by atoms with Crippen molar-refractivity contribution in [1.29, 1.82) is 0 Å². The number of carbonyl (C=O) groups is 2. The number of hydrogen-bond acceptors (Lipinski definition) is 7. The number of unbranched alkanes of at least 4 members (excludes halogenated alkanes) is 39. The summed E-state index contributed by atoms with van der Waals surface area (Å²) in [6.45, 7) is 4.37. The van der Waals surface area contributed by atoms with Gasteiger partial charge in [0.25, 0.3) is 0 Å². The summed E-state index contributed by atoms with van der Waals surface area (Å²) in [5.41, 5.74) is 0. The van der Waals surface area contributed by atoms with E-state index in [1.807, 2.05) is 21.1 Å². The summed E-state index contributed by atoms with van der Waals surface area (Å²) >= 11 is 0. The molecular weight excluding hydrogens is 978 g/mol. The highest BCUT2D eigenvalue weighted by molar-refractivity contribution is 7.47. The monoisotopic (exact) mass is 1100 g/mol. The van der Waals surface area contributed by atoms with E-state index in [0.29, 0.717) is 23.9 Å². The zero-order valence-corrected chi connectivity index (χ0v) is 52.4. The van der Waals surface area contributed by atoms with Gasteiger partial charge in [-0.2, -0.15) is 0 Å². The van der Waals surface area contributed by atoms with Gasteiger partial charge >= 0.3 is 19.8 Å². The summed E-state index contributed by atoms with van der Waals surface area (Å²) in [6, 6.07) is 0. The first kappa shape index (κ1) is 75.0. The third-order valence-corrected chi connectivity index (χ3v) is 15.6. The molecule has 1 N–H and O–H groups in total. The van der Waals surface area contributed by atoms with E-state index < -0.39 is 26.5 Å². The highest BCUT2D eigenvalue weighted by Crippen LogP contribution is 2.43. The molecule has 0 aliphatic heterocycles. The van der Waals surface area contributed by atoms with Gasteiger partial charge in [-0.3, -0.25) is 18.6 Å². The average Bonchev–Trinajstić information content (AvgIpc) is 3.39. The van der Waals surface area contributed by atoms with Crippen LogP contribution in [0.5, 0.6) is 0 Å². The third-order valence-electron chi connectivity index (χ3n) is 14.6. The molecule has 10 heteroatoms. The minimum absolute atomic E-state index is 0.0351. The van der Waals surface area contributed by atoms with Gasteiger partial charge in [-0.1, -0.05) is 300 Å². The number of phosphoric ester groups is 1. The Balaban J connectivity index is 3.87. The van der Waals surface area contributed by atoms with E-state index in [9.17, 15) is 19.0 Å². The van der Waals surface area contributed by atoms with Crippen LogP contribution in [0.1, 0.15) is 316 Å². The van der Waals surface area contributed by atoms with Crippen molar-refractivity contribution >= 4 is 19.8 Å². The Labute approximate surface area is 477 Å². The molecule has 0 amide bonds. The minimum Gasteiger partial charge on any atom is -0.462 e. The molecule has 0 aromatic heterocycles. The molecule has 2 unspecified atom stereocenters. The van der Waals surface area contributed by atoms with Crippen LogP contribution < -0.4 is 0 Å². The topological polar surface area (TPSA) is 108 Å². The molecule has 0 aliphatic rings. The van der Waals surface area contributed by atoms with Gasteiger partial charge in [0.1, 0.15) is 19.8 Å². The number of carbonyl (C=O) groups excluding carboxylic acids is 2. The summed E-state index contributed by atoms with van der Waals surface area (Å²) in [6.07, 6.45) is 75.1. The summed E-state index contributed by atoms with van der Waals surface area (Å²) in [4.78, 5) is 35.7. The molecule has 0 bridgehead atoms. The van der Waals surface area contributed by atoms with Crippen molar-refractivity contribution in [2.75, 3.05) is 47.5 Å². The first-order valence-electron chi connectivity index (χ1n) is 32.9. The molecule has 0 spiro atoms. The molecule has 0 heterocycles. The lowest BCUT2D eigenvalue weighted by Gasteiger charge is -2.24. The van der Waals surface area contributed by atoms with Crippen LogP contribution in [0.15, 0.2) is 48.6 Å². The van der Waals surface area contributed by atoms with Crippen molar-refractivity contribution in [3.8, 4) is 0 Å². The number of hydrogen-bond donors (Lipinski definition) is 1. The van der Waals surface area contributed by atoms with Gasteiger partial charge in [-0.15, -0.1) is 0 Å². The SMILES string of the molecule is CC/C=C\C/C=C\C/C=C\C/C=C\CCCCCCCCCCCCCCCCCCCCCCCCCCCCC(=O)OC(COC(=O)CCCCCCCCCCCCCCCC)COP(=O)(O)OCC[N+](C)(C)C. The quantitative estimate of drug-likeness (QED) is 0.0211. The fraction of sp³-hybridized carbons (Fsp3) is 0.851. The first-order chi connectivity index (χ1) is 37.5. The molecule has 9 nitrogen and oxygen atoms in total. The lowest BCUT2D eigenvalue weighted by Crippen LogP contribution is -2.37. The van der Waals surface area contributed by atoms with E-state index in [0.717, 1.165) is 57.8 Å². The van der Waals surface area contributed by atoms with Crippen molar-refractivity contribution < 1.29 is 42.1 Å². The van der Waals surface area contributed by atoms with Crippen LogP contribution in [0.25, 0.3) is 0 Å². The maximum atomic E-state index is 12.8. The molecule has 0 saturated heterocycles. The number of nitrogens with zero attached hydrogens (tertiary/aromatic N) is 1. The largest absolute Gasteiger partial charge is 0.472 e. The minimum atomic E-state index is -4.38. The van der Waals surface area contributed by atoms with Crippen LogP contribution in [-0.4, -0.2) is 74.9 Å². The van der Waals surface area contributed by atoms with E-state index in [1.165, 1.54) is 225 Å². The fourth-order valence-corrected chi connectivity index (χ4v) is 10.3. The van der Waals surface area contributed by atoms with E-state index in [1.54, 1.807) is 0 Å². The predicted molar refractivity (Wildman–Crippen MR) is 330 cm³/mol. The normalized spacial score (nSPS) is 13.5. The highest BCUT2D eigenvalue weighted by Gasteiger charge is 2.27. The standard InChI is InChI=1S/C67H126NO8P/c1-6-8-10-12-14-16-18-20-22-23-24-25-26-27-28-29-30-31-32-33-34-35-36-37-38-39-40-41-42-43-44-45-46-48-50-52-54-56-58-60-67(70)76-65(64-75-77(71,72)74-62-61-68(3,4)5)63-73-66(69)59-57-55-53-51-49-47-21-19-17-15-13-11-9-7-2/h8,10,14,16,20,22,24-25,65H,6-7,9,11-13,15,17-19,21,23,26-64H2,1-5H3/p+1/b10-8-,16-14-,22-20-,25-24-. The van der Waals surface area contributed by atoms with Crippen molar-refractivity contribution in [2.24, 2.45) is 0 Å². The molecule has 452 valence electrons. The van der Waals surface area contributed by atoms with Crippen LogP contribution in [0.3, 0.4) is 0 Å². The first-order valence-corrected chi connectivity index (χ1v) is 34.4. The van der Waals surface area contributed by atoms with Crippen molar-refractivity contribution in [2.45, 2.75) is 322 Å². The van der Waals surface area contributed by atoms with Gasteiger partial charge in [0.2, 0.25) is 0 Å². The second kappa shape index (κ2) is 58.6. The van der Waals surface area contributed by atoms with Gasteiger partial charge in [0, 0.05) is 12.8 Å². The van der Waals surface area contributed by atoms with Crippen LogP contribution in [0.2, 0.25) is 0 Å². The van der Waals surface area contributed by atoms with Gasteiger partial charge in [0.15, 0.2) is 6.10 Å². The smallest absolute Gasteiger partial charge is 0.462 e. The fourth-order valence-electron chi connectivity index (χ4n) is 9.60. The zero-order valence-electron chi connectivity index (χ0n) is 51.5. The van der Waals surface area contributed by atoms with E-state index in [4.69, 9.17) is 18.5 Å². The van der Waals surface area contributed by atoms with Gasteiger partial charge in [0.05, 0.1) is 27.7 Å². The van der Waals surface area contributed by atoms with Crippen LogP contribution in [0, 0.1) is 0 Å². The molecule has 0 saturated carbocycles. The second-order valence-corrected chi connectivity index (χ2v) is 24.9. The predicted octanol–water partition coefficient (Wildman–Crippen LogP) is 20.9. The number of likely N-dealkylation sites (N-methyl/N-ethyl adjacent to an activating group) is 1. The van der Waals surface area contributed by atoms with Crippen molar-refractivity contribution in [1.82, 2.24) is 0 Å². The number of phosphoric acid groups is 1. The zero-order chi connectivity index (χ0) is 56.3. The van der Waals surface area contributed by atoms with Crippen LogP contribution in [0.4, 0.5) is 0 Å². The van der Waals surface area contributed by atoms with Crippen molar-refractivity contribution in [3.63, 3.8) is 0 Å². The number of rotatable bonds is 61. The summed E-state index contributed by atoms with van der Waals surface area (Å²) in [5, 5.41) is 0. The Morgan fingerprint density at radius 2 is 0.740 bits per heavy atom. The Morgan fingerprint density at radius 3 is 1.10 bits per heavy atom. The Morgan fingerprint density at radius 1 is 0.416 bits per heavy atom. The molecule has 0 radical (unpaired) electrons. The average molecular weight is 1110 g/mol. The number of allylic oxidation sites excluding steroid dienone is 8. The molecule has 0 aromatic rings. The molecule has 0 rings (SSSR count). The van der Waals surface area contributed by atoms with Crippen molar-refractivity contribution in [3.05, 3.63) is 48.6 Å². The molecule has 77 heavy (non-hydrogen) atoms. The maximum Gasteiger partial charge on any atom is 0.472 e. The number of quaternary nitrogens is 1. The van der Waals surface area contributed by atoms with Gasteiger partial charge in [-0.05, 0) is 51.4 Å². The van der Waals surface area contributed by atoms with Gasteiger partial charge in [-0.25, -0.2) is 4.57 Å². The van der Waals surface area contributed by atoms with E-state index in [-0.39, 0.29) is 25.6 Å². The summed E-state index contributed by atoms with van der Waals surface area (Å²) in [5.74, 6) is -0.779. The van der Waals surface area contributed by atoms with E-state index >= 15 is 0 Å². The molecule has 0 fully saturated rings. The molecule has 0 aromatic carbocycles. The van der Waals surface area contributed by atoms with Crippen LogP contribution in [-0.2, 0) is 32.7 Å². The second-order valence-electron chi connectivity index (χ2n) is 23.5. The Kier molecular flexibility index (Phi) is 57.1. The molecule has 0 aliphatic carbocycles. The maximum absolute atomic E-state index is 12.8.